The van der Waals surface area contributed by atoms with E-state index >= 15 is 0 Å². The summed E-state index contributed by atoms with van der Waals surface area (Å²) in [6, 6.07) is 33.6. The second-order valence-electron chi connectivity index (χ2n) is 21.8. The highest BCUT2D eigenvalue weighted by molar-refractivity contribution is 5.51. The summed E-state index contributed by atoms with van der Waals surface area (Å²) in [5.74, 6) is 1.64. The quantitative estimate of drug-likeness (QED) is 0.0362. The van der Waals surface area contributed by atoms with Gasteiger partial charge in [0.25, 0.3) is 0 Å². The zero-order valence-corrected chi connectivity index (χ0v) is 44.1. The lowest BCUT2D eigenvalue weighted by molar-refractivity contribution is 0.250. The normalized spacial score (nSPS) is 17.2. The van der Waals surface area contributed by atoms with Crippen molar-refractivity contribution in [3.05, 3.63) is 129 Å². The topological polar surface area (TPSA) is 52.0 Å². The molecule has 4 aromatic rings. The molecule has 1 aliphatic carbocycles. The number of unbranched alkanes of at least 4 members (excludes halogenated alkanes) is 22. The van der Waals surface area contributed by atoms with Gasteiger partial charge in [-0.3, -0.25) is 0 Å². The molecule has 4 N–H and O–H groups in total. The number of hydrogen-bond acceptors (Lipinski definition) is 2. The molecule has 2 atom stereocenters. The molecule has 2 nitrogen and oxygen atoms in total. The molecule has 0 spiro atoms. The largest absolute Gasteiger partial charge is 0.399 e. The molecule has 0 saturated heterocycles. The van der Waals surface area contributed by atoms with E-state index in [9.17, 15) is 0 Å². The number of nitrogens with two attached hydrogens (primary N) is 2. The van der Waals surface area contributed by atoms with Crippen LogP contribution in [-0.4, -0.2) is 0 Å². The first-order valence-corrected chi connectivity index (χ1v) is 28.7. The molecule has 67 heavy (non-hydrogen) atoms. The summed E-state index contributed by atoms with van der Waals surface area (Å²) in [4.78, 5) is 0. The van der Waals surface area contributed by atoms with Gasteiger partial charge in [-0.25, -0.2) is 0 Å². The molecule has 2 heteroatoms. The van der Waals surface area contributed by atoms with E-state index < -0.39 is 0 Å². The second kappa shape index (κ2) is 30.9. The molecule has 2 unspecified atom stereocenters. The van der Waals surface area contributed by atoms with Crippen molar-refractivity contribution in [2.24, 2.45) is 5.92 Å². The standard InChI is InChI=1S/C65H100N2/c1-6-9-12-15-17-19-21-23-26-29-32-63(61-44-42-59(66)50-52(61)4)55-34-38-57(39-35-55)65(48-46-54(47-49-65)31-28-25-14-11-8-3)58-40-36-56(37-41-58)64(62-45-43-60(67)51-53(62)5)33-30-27-24-22-20-18-16-13-10-7-2/h34-45,50-51,54,63-64H,6-33,46-49,66-67H2,1-5H3. The molecule has 370 valence electrons. The first-order chi connectivity index (χ1) is 32.8. The highest BCUT2D eigenvalue weighted by atomic mass is 14.5. The molecule has 0 aliphatic heterocycles. The third-order valence-electron chi connectivity index (χ3n) is 16.4. The fourth-order valence-corrected chi connectivity index (χ4v) is 12.2. The minimum Gasteiger partial charge on any atom is -0.399 e. The number of nitrogen functional groups attached to an aromatic ring is 2. The molecule has 0 aromatic heterocycles. The van der Waals surface area contributed by atoms with Crippen molar-refractivity contribution in [1.82, 2.24) is 0 Å². The second-order valence-corrected chi connectivity index (χ2v) is 21.8. The van der Waals surface area contributed by atoms with Crippen molar-refractivity contribution >= 4 is 11.4 Å². The summed E-state index contributed by atoms with van der Waals surface area (Å²) >= 11 is 0. The predicted octanol–water partition coefficient (Wildman–Crippen LogP) is 20.2. The van der Waals surface area contributed by atoms with Crippen molar-refractivity contribution in [2.45, 2.75) is 257 Å². The Morgan fingerprint density at radius 2 is 0.746 bits per heavy atom. The fraction of sp³-hybridized carbons (Fsp3) is 0.631. The Bertz CT molecular complexity index is 1770. The van der Waals surface area contributed by atoms with Gasteiger partial charge < -0.3 is 11.5 Å². The Hall–Kier alpha value is -3.52. The van der Waals surface area contributed by atoms with E-state index in [1.54, 1.807) is 0 Å². The molecular formula is C65H100N2. The molecule has 4 aromatic carbocycles. The van der Waals surface area contributed by atoms with Crippen LogP contribution in [0.4, 0.5) is 11.4 Å². The monoisotopic (exact) mass is 909 g/mol. The first-order valence-electron chi connectivity index (χ1n) is 28.7. The maximum Gasteiger partial charge on any atom is 0.0316 e. The molecule has 0 amide bonds. The van der Waals surface area contributed by atoms with E-state index in [1.807, 2.05) is 0 Å². The van der Waals surface area contributed by atoms with E-state index in [0.717, 1.165) is 17.3 Å². The molecule has 0 heterocycles. The summed E-state index contributed by atoms with van der Waals surface area (Å²) < 4.78 is 0. The van der Waals surface area contributed by atoms with Gasteiger partial charge in [-0.2, -0.15) is 0 Å². The van der Waals surface area contributed by atoms with Gasteiger partial charge in [-0.05, 0) is 127 Å². The highest BCUT2D eigenvalue weighted by Gasteiger charge is 2.38. The lowest BCUT2D eigenvalue weighted by Crippen LogP contribution is -2.33. The predicted molar refractivity (Wildman–Crippen MR) is 297 cm³/mol. The maximum atomic E-state index is 6.32. The lowest BCUT2D eigenvalue weighted by atomic mass is 9.62. The van der Waals surface area contributed by atoms with Crippen LogP contribution in [0, 0.1) is 19.8 Å². The summed E-state index contributed by atoms with van der Waals surface area (Å²) in [7, 11) is 0. The van der Waals surface area contributed by atoms with E-state index in [2.05, 4.69) is 120 Å². The SMILES string of the molecule is CCCCCCCCCCCCC(c1ccc(C2(c3ccc(C(CCCCCCCCCCCC)c4ccc(N)cc4C)cc3)CCC(CCCCCCC)CC2)cc1)c1ccc(N)cc1C. The zero-order chi connectivity index (χ0) is 47.5. The number of benzene rings is 4. The van der Waals surface area contributed by atoms with Gasteiger partial charge in [0.1, 0.15) is 0 Å². The smallest absolute Gasteiger partial charge is 0.0316 e. The van der Waals surface area contributed by atoms with Gasteiger partial charge in [-0.1, -0.05) is 248 Å². The number of anilines is 2. The Morgan fingerprint density at radius 1 is 0.418 bits per heavy atom. The van der Waals surface area contributed by atoms with Crippen LogP contribution in [0.15, 0.2) is 84.9 Å². The van der Waals surface area contributed by atoms with Crippen LogP contribution in [0.25, 0.3) is 0 Å². The van der Waals surface area contributed by atoms with Crippen LogP contribution in [-0.2, 0) is 5.41 Å². The molecule has 0 bridgehead atoms. The Kier molecular flexibility index (Phi) is 25.1. The highest BCUT2D eigenvalue weighted by Crippen LogP contribution is 2.49. The van der Waals surface area contributed by atoms with Crippen LogP contribution >= 0.6 is 0 Å². The average Bonchev–Trinajstić information content (AvgIpc) is 3.34. The van der Waals surface area contributed by atoms with Crippen LogP contribution in [0.5, 0.6) is 0 Å². The minimum absolute atomic E-state index is 0.0437. The maximum absolute atomic E-state index is 6.32. The van der Waals surface area contributed by atoms with Gasteiger partial charge in [-0.15, -0.1) is 0 Å². The van der Waals surface area contributed by atoms with Crippen molar-refractivity contribution in [3.8, 4) is 0 Å². The summed E-state index contributed by atoms with van der Waals surface area (Å²) in [5.41, 5.74) is 25.9. The van der Waals surface area contributed by atoms with Gasteiger partial charge in [0, 0.05) is 28.6 Å². The summed E-state index contributed by atoms with van der Waals surface area (Å²) in [6.45, 7) is 11.5. The van der Waals surface area contributed by atoms with Crippen LogP contribution in [0.2, 0.25) is 0 Å². The van der Waals surface area contributed by atoms with Gasteiger partial charge in [0.15, 0.2) is 0 Å². The third-order valence-corrected chi connectivity index (χ3v) is 16.4. The molecule has 1 aliphatic rings. The van der Waals surface area contributed by atoms with Gasteiger partial charge in [0.2, 0.25) is 0 Å². The van der Waals surface area contributed by atoms with Crippen LogP contribution < -0.4 is 11.5 Å². The van der Waals surface area contributed by atoms with Crippen molar-refractivity contribution in [3.63, 3.8) is 0 Å². The van der Waals surface area contributed by atoms with Crippen molar-refractivity contribution < 1.29 is 0 Å². The number of hydrogen-bond donors (Lipinski definition) is 2. The number of aryl methyl sites for hydroxylation is 2. The molecule has 1 fully saturated rings. The molecule has 5 rings (SSSR count). The molecule has 0 radical (unpaired) electrons. The number of rotatable bonds is 34. The van der Waals surface area contributed by atoms with Gasteiger partial charge in [0.05, 0.1) is 0 Å². The average molecular weight is 910 g/mol. The summed E-state index contributed by atoms with van der Waals surface area (Å²) in [6.07, 6.45) is 43.3. The minimum atomic E-state index is 0.0437. The van der Waals surface area contributed by atoms with E-state index in [1.165, 1.54) is 250 Å². The summed E-state index contributed by atoms with van der Waals surface area (Å²) in [5, 5.41) is 0. The fourth-order valence-electron chi connectivity index (χ4n) is 12.2. The van der Waals surface area contributed by atoms with Crippen LogP contribution in [0.1, 0.15) is 283 Å². The first kappa shape index (κ1) is 54.4. The lowest BCUT2D eigenvalue weighted by Gasteiger charge is -2.42. The van der Waals surface area contributed by atoms with E-state index in [4.69, 9.17) is 11.5 Å². The Morgan fingerprint density at radius 3 is 1.09 bits per heavy atom. The van der Waals surface area contributed by atoms with E-state index in [0.29, 0.717) is 11.8 Å². The van der Waals surface area contributed by atoms with Crippen molar-refractivity contribution in [1.29, 1.82) is 0 Å². The zero-order valence-electron chi connectivity index (χ0n) is 44.1. The van der Waals surface area contributed by atoms with Crippen LogP contribution in [0.3, 0.4) is 0 Å². The third kappa shape index (κ3) is 17.7. The van der Waals surface area contributed by atoms with Gasteiger partial charge >= 0.3 is 0 Å². The van der Waals surface area contributed by atoms with E-state index in [-0.39, 0.29) is 5.41 Å². The molecular weight excluding hydrogens is 809 g/mol. The molecule has 1 saturated carbocycles. The Balaban J connectivity index is 1.35. The van der Waals surface area contributed by atoms with Crippen molar-refractivity contribution in [2.75, 3.05) is 11.5 Å². The Labute approximate surface area is 413 Å².